The van der Waals surface area contributed by atoms with E-state index in [1.54, 1.807) is 30.6 Å². The maximum atomic E-state index is 13.7. The largest absolute Gasteiger partial charge is 0.491 e. The number of esters is 1. The average Bonchev–Trinajstić information content (AvgIpc) is 3.09. The van der Waals surface area contributed by atoms with E-state index in [0.717, 1.165) is 5.56 Å². The van der Waals surface area contributed by atoms with Gasteiger partial charge in [0.15, 0.2) is 4.80 Å². The van der Waals surface area contributed by atoms with Crippen molar-refractivity contribution < 1.29 is 14.3 Å². The summed E-state index contributed by atoms with van der Waals surface area (Å²) in [6.07, 6.45) is 1.66. The highest BCUT2D eigenvalue weighted by Gasteiger charge is 2.35. The number of thiazole rings is 1. The Morgan fingerprint density at radius 1 is 1.21 bits per heavy atom. The van der Waals surface area contributed by atoms with Crippen LogP contribution in [-0.4, -0.2) is 23.2 Å². The molecule has 1 aromatic heterocycles. The summed E-state index contributed by atoms with van der Waals surface area (Å²) in [5, 5.41) is 0.545. The van der Waals surface area contributed by atoms with Crippen LogP contribution in [-0.2, 0) is 9.53 Å². The molecule has 1 aliphatic heterocycles. The van der Waals surface area contributed by atoms with Crippen molar-refractivity contribution in [3.8, 4) is 5.75 Å². The summed E-state index contributed by atoms with van der Waals surface area (Å²) >= 11 is 7.58. The zero-order chi connectivity index (χ0) is 24.4. The Balaban J connectivity index is 2.00. The van der Waals surface area contributed by atoms with Crippen molar-refractivity contribution in [2.24, 2.45) is 4.99 Å². The molecule has 8 heteroatoms. The lowest BCUT2D eigenvalue weighted by Crippen LogP contribution is -2.40. The Hall–Kier alpha value is -3.16. The van der Waals surface area contributed by atoms with Crippen molar-refractivity contribution in [3.63, 3.8) is 0 Å². The van der Waals surface area contributed by atoms with Crippen molar-refractivity contribution in [2.75, 3.05) is 6.61 Å². The third-order valence-corrected chi connectivity index (χ3v) is 6.61. The molecule has 3 aromatic rings. The molecule has 176 valence electrons. The number of ether oxygens (including phenoxy) is 2. The minimum atomic E-state index is -0.737. The van der Waals surface area contributed by atoms with Gasteiger partial charge >= 0.3 is 5.97 Å². The molecule has 0 spiro atoms. The van der Waals surface area contributed by atoms with Gasteiger partial charge in [0.2, 0.25) is 0 Å². The standard InChI is InChI=1S/C26H25ClN2O4S/c1-5-32-25(31)22-16(4)28-26-29(23(22)18-11-7-9-13-20(18)33-15(2)3)24(30)21(34-26)14-17-10-6-8-12-19(17)27/h6-15,23H,5H2,1-4H3/b21-14+/t23-/m1/s1. The van der Waals surface area contributed by atoms with E-state index in [0.29, 0.717) is 36.9 Å². The van der Waals surface area contributed by atoms with E-state index < -0.39 is 12.0 Å². The number of rotatable bonds is 6. The summed E-state index contributed by atoms with van der Waals surface area (Å²) < 4.78 is 13.4. The minimum absolute atomic E-state index is 0.0895. The van der Waals surface area contributed by atoms with E-state index in [4.69, 9.17) is 21.1 Å². The molecule has 0 N–H and O–H groups in total. The molecule has 0 radical (unpaired) electrons. The Morgan fingerprint density at radius 2 is 1.91 bits per heavy atom. The first-order valence-corrected chi connectivity index (χ1v) is 12.2. The quantitative estimate of drug-likeness (QED) is 0.479. The first-order chi connectivity index (χ1) is 16.3. The second-order valence-corrected chi connectivity index (χ2v) is 9.44. The number of allylic oxidation sites excluding steroid dienone is 1. The van der Waals surface area contributed by atoms with E-state index in [2.05, 4.69) is 4.99 Å². The number of carbonyl (C=O) groups is 1. The van der Waals surface area contributed by atoms with Crippen LogP contribution >= 0.6 is 22.9 Å². The van der Waals surface area contributed by atoms with E-state index in [9.17, 15) is 9.59 Å². The van der Waals surface area contributed by atoms with Gasteiger partial charge in [-0.3, -0.25) is 9.36 Å². The SMILES string of the molecule is CCOC(=O)C1=C(C)N=c2s/c(=C/c3ccccc3Cl)c(=O)n2[C@@H]1c1ccccc1OC(C)C. The van der Waals surface area contributed by atoms with Gasteiger partial charge in [-0.15, -0.1) is 0 Å². The van der Waals surface area contributed by atoms with Gasteiger partial charge in [-0.05, 0) is 51.5 Å². The van der Waals surface area contributed by atoms with Gasteiger partial charge in [0.25, 0.3) is 5.56 Å². The molecule has 0 unspecified atom stereocenters. The third-order valence-electron chi connectivity index (χ3n) is 5.29. The molecule has 1 aliphatic rings. The molecule has 2 heterocycles. The van der Waals surface area contributed by atoms with Crippen molar-refractivity contribution in [1.29, 1.82) is 0 Å². The number of nitrogens with zero attached hydrogens (tertiary/aromatic N) is 2. The van der Waals surface area contributed by atoms with Crippen LogP contribution in [0.1, 0.15) is 44.9 Å². The fourth-order valence-electron chi connectivity index (χ4n) is 3.89. The highest BCUT2D eigenvalue weighted by molar-refractivity contribution is 7.07. The third kappa shape index (κ3) is 4.58. The molecule has 2 aromatic carbocycles. The number of para-hydroxylation sites is 1. The summed E-state index contributed by atoms with van der Waals surface area (Å²) in [4.78, 5) is 31.9. The fourth-order valence-corrected chi connectivity index (χ4v) is 5.11. The molecule has 0 bridgehead atoms. The summed E-state index contributed by atoms with van der Waals surface area (Å²) in [6, 6.07) is 14.0. The monoisotopic (exact) mass is 496 g/mol. The number of hydrogen-bond donors (Lipinski definition) is 0. The molecular formula is C26H25ClN2O4S. The molecular weight excluding hydrogens is 472 g/mol. The van der Waals surface area contributed by atoms with Gasteiger partial charge in [0.05, 0.1) is 28.5 Å². The molecule has 6 nitrogen and oxygen atoms in total. The maximum Gasteiger partial charge on any atom is 0.338 e. The smallest absolute Gasteiger partial charge is 0.338 e. The van der Waals surface area contributed by atoms with E-state index in [-0.39, 0.29) is 18.3 Å². The maximum absolute atomic E-state index is 13.7. The van der Waals surface area contributed by atoms with Crippen LogP contribution in [0, 0.1) is 0 Å². The van der Waals surface area contributed by atoms with Crippen LogP contribution < -0.4 is 19.6 Å². The van der Waals surface area contributed by atoms with Crippen molar-refractivity contribution in [1.82, 2.24) is 4.57 Å². The number of benzene rings is 2. The van der Waals surface area contributed by atoms with Crippen LogP contribution in [0.15, 0.2) is 69.6 Å². The van der Waals surface area contributed by atoms with Gasteiger partial charge < -0.3 is 9.47 Å². The highest BCUT2D eigenvalue weighted by atomic mass is 35.5. The molecule has 1 atom stereocenters. The van der Waals surface area contributed by atoms with Crippen LogP contribution in [0.4, 0.5) is 0 Å². The van der Waals surface area contributed by atoms with Crippen LogP contribution in [0.5, 0.6) is 5.75 Å². The van der Waals surface area contributed by atoms with Crippen molar-refractivity contribution >= 4 is 35.0 Å². The van der Waals surface area contributed by atoms with Gasteiger partial charge in [-0.1, -0.05) is 59.3 Å². The Bertz CT molecular complexity index is 1450. The summed E-state index contributed by atoms with van der Waals surface area (Å²) in [5.74, 6) is 0.0909. The van der Waals surface area contributed by atoms with Crippen LogP contribution in [0.25, 0.3) is 6.08 Å². The number of carbonyl (C=O) groups excluding carboxylic acids is 1. The van der Waals surface area contributed by atoms with E-state index >= 15 is 0 Å². The first kappa shape index (κ1) is 24.0. The molecule has 0 aliphatic carbocycles. The molecule has 0 amide bonds. The molecule has 0 saturated carbocycles. The number of hydrogen-bond acceptors (Lipinski definition) is 6. The molecule has 34 heavy (non-hydrogen) atoms. The predicted molar refractivity (Wildman–Crippen MR) is 134 cm³/mol. The highest BCUT2D eigenvalue weighted by Crippen LogP contribution is 2.36. The van der Waals surface area contributed by atoms with E-state index in [1.165, 1.54) is 11.3 Å². The number of halogens is 1. The zero-order valence-corrected chi connectivity index (χ0v) is 20.9. The first-order valence-electron chi connectivity index (χ1n) is 11.0. The van der Waals surface area contributed by atoms with Gasteiger partial charge in [-0.2, -0.15) is 0 Å². The number of aromatic nitrogens is 1. The second-order valence-electron chi connectivity index (χ2n) is 8.03. The predicted octanol–water partition coefficient (Wildman–Crippen LogP) is 4.24. The number of fused-ring (bicyclic) bond motifs is 1. The normalized spacial score (nSPS) is 15.8. The van der Waals surface area contributed by atoms with Gasteiger partial charge in [0.1, 0.15) is 11.8 Å². The molecule has 0 saturated heterocycles. The summed E-state index contributed by atoms with van der Waals surface area (Å²) in [6.45, 7) is 7.58. The van der Waals surface area contributed by atoms with Gasteiger partial charge in [-0.25, -0.2) is 9.79 Å². The average molecular weight is 497 g/mol. The van der Waals surface area contributed by atoms with Gasteiger partial charge in [0, 0.05) is 10.6 Å². The molecule has 4 rings (SSSR count). The minimum Gasteiger partial charge on any atom is -0.491 e. The second kappa shape index (κ2) is 9.99. The fraction of sp³-hybridized carbons (Fsp3) is 0.269. The Morgan fingerprint density at radius 3 is 2.62 bits per heavy atom. The lowest BCUT2D eigenvalue weighted by molar-refractivity contribution is -0.139. The summed E-state index contributed by atoms with van der Waals surface area (Å²) in [5.41, 5.74) is 1.99. The summed E-state index contributed by atoms with van der Waals surface area (Å²) in [7, 11) is 0. The molecule has 0 fully saturated rings. The van der Waals surface area contributed by atoms with Crippen molar-refractivity contribution in [2.45, 2.75) is 39.8 Å². The topological polar surface area (TPSA) is 69.9 Å². The lowest BCUT2D eigenvalue weighted by Gasteiger charge is -2.26. The zero-order valence-electron chi connectivity index (χ0n) is 19.4. The van der Waals surface area contributed by atoms with E-state index in [1.807, 2.05) is 56.3 Å². The Kier molecular flexibility index (Phi) is 7.05. The van der Waals surface area contributed by atoms with Crippen LogP contribution in [0.3, 0.4) is 0 Å². The van der Waals surface area contributed by atoms with Crippen LogP contribution in [0.2, 0.25) is 5.02 Å². The van der Waals surface area contributed by atoms with Crippen molar-refractivity contribution in [3.05, 3.63) is 95.6 Å². The lowest BCUT2D eigenvalue weighted by atomic mass is 9.95. The Labute approximate surface area is 206 Å².